The number of amides is 2. The third kappa shape index (κ3) is 4.22. The first-order chi connectivity index (χ1) is 18.6. The van der Waals surface area contributed by atoms with Crippen LogP contribution in [-0.4, -0.2) is 31.9 Å². The van der Waals surface area contributed by atoms with Crippen molar-refractivity contribution in [2.75, 3.05) is 11.9 Å². The molecule has 1 N–H and O–H groups in total. The van der Waals surface area contributed by atoms with Gasteiger partial charge in [0.1, 0.15) is 11.6 Å². The van der Waals surface area contributed by atoms with Gasteiger partial charge in [-0.05, 0) is 67.9 Å². The lowest BCUT2D eigenvalue weighted by Gasteiger charge is -2.31. The van der Waals surface area contributed by atoms with Gasteiger partial charge in [-0.2, -0.15) is 5.10 Å². The van der Waals surface area contributed by atoms with Crippen LogP contribution in [-0.2, 0) is 6.54 Å². The Morgan fingerprint density at radius 3 is 2.37 bits per heavy atom. The summed E-state index contributed by atoms with van der Waals surface area (Å²) < 4.78 is 9.83. The van der Waals surface area contributed by atoms with E-state index in [0.29, 0.717) is 13.2 Å². The Hall–Kier alpha value is -4.78. The number of ether oxygens (including phenoxy) is 1. The number of fused-ring (bicyclic) bond motifs is 3. The van der Waals surface area contributed by atoms with E-state index in [9.17, 15) is 4.79 Å². The molecule has 0 spiro atoms. The fourth-order valence-corrected chi connectivity index (χ4v) is 5.13. The zero-order valence-electron chi connectivity index (χ0n) is 21.4. The van der Waals surface area contributed by atoms with Crippen molar-refractivity contribution >= 4 is 11.7 Å². The van der Waals surface area contributed by atoms with E-state index >= 15 is 0 Å². The van der Waals surface area contributed by atoms with Crippen LogP contribution < -0.4 is 10.1 Å². The summed E-state index contributed by atoms with van der Waals surface area (Å²) in [6, 6.07) is 31.3. The summed E-state index contributed by atoms with van der Waals surface area (Å²) in [6.45, 7) is 4.97. The quantitative estimate of drug-likeness (QED) is 0.297. The van der Waals surface area contributed by atoms with Gasteiger partial charge in [-0.25, -0.2) is 9.48 Å². The van der Waals surface area contributed by atoms with Gasteiger partial charge in [0, 0.05) is 17.4 Å². The molecule has 0 saturated carbocycles. The summed E-state index contributed by atoms with van der Waals surface area (Å²) >= 11 is 0. The number of hydrogen-bond donors (Lipinski definition) is 1. The Bertz CT molecular complexity index is 1560. The zero-order valence-corrected chi connectivity index (χ0v) is 21.4. The molecule has 38 heavy (non-hydrogen) atoms. The molecule has 0 unspecified atom stereocenters. The number of carbonyl (C=O) groups is 1. The molecule has 3 heterocycles. The average Bonchev–Trinajstić information content (AvgIpc) is 3.51. The van der Waals surface area contributed by atoms with Crippen molar-refractivity contribution in [1.82, 2.24) is 19.2 Å². The number of rotatable bonds is 5. The smallest absolute Gasteiger partial charge is 0.322 e. The Labute approximate surface area is 221 Å². The monoisotopic (exact) mass is 503 g/mol. The minimum absolute atomic E-state index is 0.178. The molecule has 1 atom stereocenters. The fraction of sp³-hybridized carbons (Fsp3) is 0.161. The van der Waals surface area contributed by atoms with Crippen LogP contribution in [0.15, 0.2) is 103 Å². The first-order valence-corrected chi connectivity index (χ1v) is 12.8. The van der Waals surface area contributed by atoms with Gasteiger partial charge >= 0.3 is 6.03 Å². The Morgan fingerprint density at radius 2 is 1.66 bits per heavy atom. The van der Waals surface area contributed by atoms with Gasteiger partial charge in [0.05, 0.1) is 36.3 Å². The minimum atomic E-state index is -0.333. The maximum Gasteiger partial charge on any atom is 0.322 e. The van der Waals surface area contributed by atoms with Crippen LogP contribution in [0.25, 0.3) is 11.5 Å². The molecule has 0 bridgehead atoms. The molecule has 0 radical (unpaired) electrons. The number of anilines is 1. The van der Waals surface area contributed by atoms with Gasteiger partial charge in [-0.1, -0.05) is 48.5 Å². The maximum absolute atomic E-state index is 14.0. The first-order valence-electron chi connectivity index (χ1n) is 12.8. The highest BCUT2D eigenvalue weighted by Gasteiger charge is 2.36. The van der Waals surface area contributed by atoms with Crippen molar-refractivity contribution in [3.8, 4) is 17.3 Å². The molecule has 2 amide bonds. The largest absolute Gasteiger partial charge is 0.494 e. The molecule has 6 rings (SSSR count). The SMILES string of the molecule is CCOc1ccc([C@H]2c3cccn3-c3c(c(C)nn3-c3ccccc3)CN2C(=O)Nc2ccccc2)cc1. The molecule has 0 aliphatic carbocycles. The topological polar surface area (TPSA) is 64.3 Å². The lowest BCUT2D eigenvalue weighted by molar-refractivity contribution is 0.194. The van der Waals surface area contributed by atoms with Gasteiger partial charge in [-0.15, -0.1) is 0 Å². The van der Waals surface area contributed by atoms with E-state index in [1.807, 2.05) is 114 Å². The highest BCUT2D eigenvalue weighted by Crippen LogP contribution is 2.39. The number of aromatic nitrogens is 3. The Kier molecular flexibility index (Phi) is 6.17. The van der Waals surface area contributed by atoms with E-state index in [0.717, 1.165) is 45.5 Å². The molecular formula is C31H29N5O2. The summed E-state index contributed by atoms with van der Waals surface area (Å²) in [5.41, 5.74) is 5.58. The minimum Gasteiger partial charge on any atom is -0.494 e. The van der Waals surface area contributed by atoms with Crippen molar-refractivity contribution in [2.45, 2.75) is 26.4 Å². The second kappa shape index (κ2) is 9.94. The molecule has 7 nitrogen and oxygen atoms in total. The average molecular weight is 504 g/mol. The molecule has 5 aromatic rings. The van der Waals surface area contributed by atoms with Crippen LogP contribution in [0.4, 0.5) is 10.5 Å². The van der Waals surface area contributed by atoms with Crippen LogP contribution in [0.3, 0.4) is 0 Å². The van der Waals surface area contributed by atoms with Gasteiger partial charge in [0.15, 0.2) is 0 Å². The van der Waals surface area contributed by atoms with Crippen molar-refractivity contribution in [1.29, 1.82) is 0 Å². The van der Waals surface area contributed by atoms with Crippen LogP contribution in [0, 0.1) is 6.92 Å². The molecule has 7 heteroatoms. The van der Waals surface area contributed by atoms with Crippen LogP contribution >= 0.6 is 0 Å². The molecule has 2 aromatic heterocycles. The van der Waals surface area contributed by atoms with Crippen LogP contribution in [0.1, 0.15) is 35.5 Å². The standard InChI is InChI=1S/C31H29N5O2/c1-3-38-26-18-16-23(17-19-26)29-28-15-10-20-34(28)30-27(22(2)33-36(30)25-13-8-5-9-14-25)21-35(29)31(37)32-24-11-6-4-7-12-24/h4-20,29H,3,21H2,1-2H3,(H,32,37)/t29-/m0/s1. The van der Waals surface area contributed by atoms with Crippen molar-refractivity contribution < 1.29 is 9.53 Å². The highest BCUT2D eigenvalue weighted by atomic mass is 16.5. The van der Waals surface area contributed by atoms with Crippen molar-refractivity contribution in [2.24, 2.45) is 0 Å². The van der Waals surface area contributed by atoms with E-state index in [4.69, 9.17) is 9.84 Å². The lowest BCUT2D eigenvalue weighted by atomic mass is 10.0. The van der Waals surface area contributed by atoms with E-state index < -0.39 is 0 Å². The van der Waals surface area contributed by atoms with E-state index in [1.165, 1.54) is 0 Å². The number of urea groups is 1. The molecule has 0 saturated heterocycles. The number of nitrogens with one attached hydrogen (secondary N) is 1. The van der Waals surface area contributed by atoms with Gasteiger partial charge < -0.3 is 19.5 Å². The maximum atomic E-state index is 14.0. The Morgan fingerprint density at radius 1 is 0.947 bits per heavy atom. The van der Waals surface area contributed by atoms with Crippen molar-refractivity contribution in [3.63, 3.8) is 0 Å². The van der Waals surface area contributed by atoms with E-state index in [-0.39, 0.29) is 12.1 Å². The summed E-state index contributed by atoms with van der Waals surface area (Å²) in [4.78, 5) is 15.8. The zero-order chi connectivity index (χ0) is 26.1. The normalized spacial score (nSPS) is 14.4. The van der Waals surface area contributed by atoms with Gasteiger partial charge in [-0.3, -0.25) is 0 Å². The Balaban J connectivity index is 1.52. The molecule has 0 fully saturated rings. The number of hydrogen-bond acceptors (Lipinski definition) is 3. The fourth-order valence-electron chi connectivity index (χ4n) is 5.13. The van der Waals surface area contributed by atoms with Crippen molar-refractivity contribution in [3.05, 3.63) is 126 Å². The molecule has 3 aromatic carbocycles. The van der Waals surface area contributed by atoms with Crippen LogP contribution in [0.5, 0.6) is 5.75 Å². The summed E-state index contributed by atoms with van der Waals surface area (Å²) in [7, 11) is 0. The predicted molar refractivity (Wildman–Crippen MR) is 148 cm³/mol. The third-order valence-corrected chi connectivity index (χ3v) is 6.88. The number of carbonyl (C=O) groups excluding carboxylic acids is 1. The number of nitrogens with zero attached hydrogens (tertiary/aromatic N) is 4. The third-order valence-electron chi connectivity index (χ3n) is 6.88. The molecule has 190 valence electrons. The first kappa shape index (κ1) is 23.6. The van der Waals surface area contributed by atoms with E-state index in [2.05, 4.69) is 22.1 Å². The molecular weight excluding hydrogens is 474 g/mol. The summed E-state index contributed by atoms with van der Waals surface area (Å²) in [6.07, 6.45) is 2.05. The number of aryl methyl sites for hydroxylation is 1. The van der Waals surface area contributed by atoms with Crippen LogP contribution in [0.2, 0.25) is 0 Å². The lowest BCUT2D eigenvalue weighted by Crippen LogP contribution is -2.38. The van der Waals surface area contributed by atoms with E-state index in [1.54, 1.807) is 0 Å². The molecule has 1 aliphatic rings. The molecule has 1 aliphatic heterocycles. The van der Waals surface area contributed by atoms with Gasteiger partial charge in [0.2, 0.25) is 0 Å². The second-order valence-electron chi connectivity index (χ2n) is 9.27. The predicted octanol–water partition coefficient (Wildman–Crippen LogP) is 6.51. The summed E-state index contributed by atoms with van der Waals surface area (Å²) in [5.74, 6) is 1.75. The number of benzene rings is 3. The number of para-hydroxylation sites is 2. The second-order valence-corrected chi connectivity index (χ2v) is 9.27. The van der Waals surface area contributed by atoms with Gasteiger partial charge in [0.25, 0.3) is 0 Å². The highest BCUT2D eigenvalue weighted by molar-refractivity contribution is 5.90. The summed E-state index contributed by atoms with van der Waals surface area (Å²) in [5, 5.41) is 8.02.